The zero-order valence-corrected chi connectivity index (χ0v) is 9.08. The molecule has 0 saturated carbocycles. The summed E-state index contributed by atoms with van der Waals surface area (Å²) in [6, 6.07) is 0. The van der Waals surface area contributed by atoms with Crippen molar-refractivity contribution in [1.82, 2.24) is 0 Å². The molecule has 0 amide bonds. The second kappa shape index (κ2) is 6.66. The van der Waals surface area contributed by atoms with Gasteiger partial charge in [-0.05, 0) is 26.2 Å². The van der Waals surface area contributed by atoms with Gasteiger partial charge in [0.1, 0.15) is 0 Å². The van der Waals surface area contributed by atoms with Crippen LogP contribution in [-0.2, 0) is 0 Å². The van der Waals surface area contributed by atoms with Crippen molar-refractivity contribution in [2.45, 2.75) is 33.1 Å². The molecule has 0 N–H and O–H groups in total. The highest BCUT2D eigenvalue weighted by molar-refractivity contribution is 9.09. The van der Waals surface area contributed by atoms with E-state index in [1.807, 2.05) is 0 Å². The van der Waals surface area contributed by atoms with Crippen LogP contribution in [0.2, 0.25) is 0 Å². The third-order valence-corrected chi connectivity index (χ3v) is 2.09. The molecule has 0 aromatic heterocycles. The summed E-state index contributed by atoms with van der Waals surface area (Å²) in [6.45, 7) is 8.29. The second-order valence-electron chi connectivity index (χ2n) is 2.81. The Morgan fingerprint density at radius 2 is 2.18 bits per heavy atom. The maximum Gasteiger partial charge on any atom is 0.00660 e. The topological polar surface area (TPSA) is 0 Å². The molecule has 0 aromatic carbocycles. The summed E-state index contributed by atoms with van der Waals surface area (Å²) < 4.78 is 0. The highest BCUT2D eigenvalue weighted by Gasteiger charge is 1.92. The molecule has 0 heterocycles. The minimum absolute atomic E-state index is 1.06. The van der Waals surface area contributed by atoms with Crippen LogP contribution in [0.3, 0.4) is 0 Å². The number of allylic oxidation sites excluding steroid dienone is 3. The molecule has 0 fully saturated rings. The molecule has 0 aliphatic rings. The molecule has 0 spiro atoms. The average Bonchev–Trinajstić information content (AvgIpc) is 2.00. The van der Waals surface area contributed by atoms with Gasteiger partial charge in [0.05, 0.1) is 0 Å². The van der Waals surface area contributed by atoms with E-state index in [-0.39, 0.29) is 0 Å². The van der Waals surface area contributed by atoms with Crippen molar-refractivity contribution in [3.8, 4) is 0 Å². The van der Waals surface area contributed by atoms with E-state index in [2.05, 4.69) is 42.4 Å². The predicted molar refractivity (Wildman–Crippen MR) is 56.2 cm³/mol. The van der Waals surface area contributed by atoms with Crippen LogP contribution in [0.15, 0.2) is 23.8 Å². The van der Waals surface area contributed by atoms with Crippen LogP contribution in [0.5, 0.6) is 0 Å². The molecule has 0 aromatic rings. The van der Waals surface area contributed by atoms with Gasteiger partial charge in [-0.1, -0.05) is 46.7 Å². The van der Waals surface area contributed by atoms with E-state index < -0.39 is 0 Å². The lowest BCUT2D eigenvalue weighted by Crippen LogP contribution is -1.82. The monoisotopic (exact) mass is 216 g/mol. The molecule has 0 nitrogen and oxygen atoms in total. The van der Waals surface area contributed by atoms with Crippen molar-refractivity contribution in [3.05, 3.63) is 23.8 Å². The molecule has 0 aliphatic carbocycles. The first kappa shape index (κ1) is 11.0. The lowest BCUT2D eigenvalue weighted by Gasteiger charge is -2.01. The Balaban J connectivity index is 3.66. The van der Waals surface area contributed by atoms with E-state index in [0.29, 0.717) is 0 Å². The number of hydrogen-bond donors (Lipinski definition) is 0. The number of rotatable bonds is 5. The maximum absolute atomic E-state index is 3.97. The van der Waals surface area contributed by atoms with Crippen LogP contribution in [0.25, 0.3) is 0 Å². The Bertz CT molecular complexity index is 145. The minimum Gasteiger partial charge on any atom is -0.0995 e. The molecule has 0 unspecified atom stereocenters. The fourth-order valence-corrected chi connectivity index (χ4v) is 1.12. The van der Waals surface area contributed by atoms with Crippen LogP contribution in [-0.4, -0.2) is 5.33 Å². The van der Waals surface area contributed by atoms with E-state index in [1.165, 1.54) is 11.1 Å². The lowest BCUT2D eigenvalue weighted by atomic mass is 10.1. The first-order valence-electron chi connectivity index (χ1n) is 4.09. The van der Waals surface area contributed by atoms with Crippen molar-refractivity contribution < 1.29 is 0 Å². The third kappa shape index (κ3) is 6.36. The highest BCUT2D eigenvalue weighted by atomic mass is 79.9. The van der Waals surface area contributed by atoms with Gasteiger partial charge in [0.25, 0.3) is 0 Å². The average molecular weight is 217 g/mol. The molecule has 64 valence electrons. The van der Waals surface area contributed by atoms with E-state index >= 15 is 0 Å². The van der Waals surface area contributed by atoms with Crippen LogP contribution < -0.4 is 0 Å². The largest absolute Gasteiger partial charge is 0.0995 e. The van der Waals surface area contributed by atoms with Gasteiger partial charge in [-0.3, -0.25) is 0 Å². The van der Waals surface area contributed by atoms with Crippen LogP contribution in [0, 0.1) is 0 Å². The van der Waals surface area contributed by atoms with Crippen molar-refractivity contribution in [2.75, 3.05) is 5.33 Å². The van der Waals surface area contributed by atoms with E-state index in [9.17, 15) is 0 Å². The Morgan fingerprint density at radius 3 is 2.64 bits per heavy atom. The number of alkyl halides is 1. The van der Waals surface area contributed by atoms with Crippen molar-refractivity contribution in [2.24, 2.45) is 0 Å². The fourth-order valence-electron chi connectivity index (χ4n) is 0.892. The molecular formula is C10H17Br. The molecule has 0 aliphatic heterocycles. The Hall–Kier alpha value is -0.0400. The van der Waals surface area contributed by atoms with E-state index in [0.717, 1.165) is 24.6 Å². The summed E-state index contributed by atoms with van der Waals surface area (Å²) >= 11 is 3.39. The van der Waals surface area contributed by atoms with Gasteiger partial charge >= 0.3 is 0 Å². The summed E-state index contributed by atoms with van der Waals surface area (Å²) in [7, 11) is 0. The first-order chi connectivity index (χ1) is 5.20. The summed E-state index contributed by atoms with van der Waals surface area (Å²) in [6.07, 6.45) is 5.57. The SMILES string of the molecule is C=C(CC)CC(C)=CCCBr. The summed E-state index contributed by atoms with van der Waals surface area (Å²) in [5.41, 5.74) is 2.77. The highest BCUT2D eigenvalue weighted by Crippen LogP contribution is 2.11. The summed E-state index contributed by atoms with van der Waals surface area (Å²) in [5, 5.41) is 1.06. The predicted octanol–water partition coefficient (Wildman–Crippen LogP) is 4.07. The van der Waals surface area contributed by atoms with Gasteiger partial charge < -0.3 is 0 Å². The van der Waals surface area contributed by atoms with Crippen molar-refractivity contribution in [1.29, 1.82) is 0 Å². The fraction of sp³-hybridized carbons (Fsp3) is 0.600. The van der Waals surface area contributed by atoms with Crippen molar-refractivity contribution in [3.63, 3.8) is 0 Å². The summed E-state index contributed by atoms with van der Waals surface area (Å²) in [5.74, 6) is 0. The molecule has 0 bridgehead atoms. The Labute approximate surface area is 78.5 Å². The zero-order valence-electron chi connectivity index (χ0n) is 7.49. The van der Waals surface area contributed by atoms with Crippen molar-refractivity contribution >= 4 is 15.9 Å². The molecule has 0 atom stereocenters. The summed E-state index contributed by atoms with van der Waals surface area (Å²) in [4.78, 5) is 0. The molecular weight excluding hydrogens is 200 g/mol. The first-order valence-corrected chi connectivity index (χ1v) is 5.21. The van der Waals surface area contributed by atoms with Gasteiger partial charge in [0.2, 0.25) is 0 Å². The molecule has 11 heavy (non-hydrogen) atoms. The molecule has 0 saturated heterocycles. The minimum atomic E-state index is 1.06. The van der Waals surface area contributed by atoms with Gasteiger partial charge in [-0.2, -0.15) is 0 Å². The standard InChI is InChI=1S/C10H17Br/c1-4-9(2)8-10(3)6-5-7-11/h6H,2,4-5,7-8H2,1,3H3. The Morgan fingerprint density at radius 1 is 1.55 bits per heavy atom. The number of hydrogen-bond acceptors (Lipinski definition) is 0. The normalized spacial score (nSPS) is 11.7. The molecule has 1 heteroatoms. The van der Waals surface area contributed by atoms with Crippen LogP contribution >= 0.6 is 15.9 Å². The van der Waals surface area contributed by atoms with Crippen LogP contribution in [0.1, 0.15) is 33.1 Å². The lowest BCUT2D eigenvalue weighted by molar-refractivity contribution is 0.987. The van der Waals surface area contributed by atoms with E-state index in [4.69, 9.17) is 0 Å². The molecule has 0 radical (unpaired) electrons. The van der Waals surface area contributed by atoms with Gasteiger partial charge in [-0.25, -0.2) is 0 Å². The van der Waals surface area contributed by atoms with E-state index in [1.54, 1.807) is 0 Å². The second-order valence-corrected chi connectivity index (χ2v) is 3.60. The molecule has 0 rings (SSSR count). The van der Waals surface area contributed by atoms with Gasteiger partial charge in [-0.15, -0.1) is 0 Å². The number of halogens is 1. The quantitative estimate of drug-likeness (QED) is 0.481. The van der Waals surface area contributed by atoms with Crippen LogP contribution in [0.4, 0.5) is 0 Å². The smallest absolute Gasteiger partial charge is 0.00660 e. The Kier molecular flexibility index (Phi) is 6.63. The third-order valence-electron chi connectivity index (χ3n) is 1.63. The van der Waals surface area contributed by atoms with Gasteiger partial charge in [0, 0.05) is 5.33 Å². The zero-order chi connectivity index (χ0) is 8.69. The maximum atomic E-state index is 3.97. The van der Waals surface area contributed by atoms with Gasteiger partial charge in [0.15, 0.2) is 0 Å².